The van der Waals surface area contributed by atoms with Crippen LogP contribution >= 0.6 is 12.8 Å². The molecule has 10 heteroatoms. The van der Waals surface area contributed by atoms with E-state index in [0.29, 0.717) is 19.7 Å². The Labute approximate surface area is 194 Å². The first kappa shape index (κ1) is 22.2. The van der Waals surface area contributed by atoms with Gasteiger partial charge < -0.3 is 24.0 Å². The normalized spacial score (nSPS) is 27.6. The maximum absolute atomic E-state index is 12.4. The molecule has 1 aromatic rings. The van der Waals surface area contributed by atoms with Gasteiger partial charge in [-0.3, -0.25) is 0 Å². The molecular formula is C22H33N5O4S. The van der Waals surface area contributed by atoms with Crippen LogP contribution < -0.4 is 4.90 Å². The molecule has 2 saturated heterocycles. The first-order chi connectivity index (χ1) is 15.4. The lowest BCUT2D eigenvalue weighted by molar-refractivity contribution is -0.0658. The van der Waals surface area contributed by atoms with Crippen molar-refractivity contribution in [1.29, 1.82) is 0 Å². The molecule has 2 atom stereocenters. The van der Waals surface area contributed by atoms with Crippen LogP contribution in [0.2, 0.25) is 0 Å². The van der Waals surface area contributed by atoms with E-state index in [4.69, 9.17) is 19.2 Å². The molecule has 1 aromatic heterocycles. The Morgan fingerprint density at radius 2 is 2.09 bits per heavy atom. The molecule has 0 aromatic carbocycles. The number of hydrogen-bond acceptors (Lipinski definition) is 9. The van der Waals surface area contributed by atoms with Gasteiger partial charge in [-0.2, -0.15) is 0 Å². The van der Waals surface area contributed by atoms with Crippen molar-refractivity contribution in [1.82, 2.24) is 19.2 Å². The van der Waals surface area contributed by atoms with Crippen LogP contribution in [0.25, 0.3) is 0 Å². The highest BCUT2D eigenvalue weighted by Gasteiger charge is 2.44. The Hall–Kier alpha value is -1.62. The fourth-order valence-corrected chi connectivity index (χ4v) is 4.80. The van der Waals surface area contributed by atoms with Gasteiger partial charge >= 0.3 is 6.09 Å². The second-order valence-electron chi connectivity index (χ2n) is 9.73. The Morgan fingerprint density at radius 1 is 1.28 bits per heavy atom. The zero-order valence-electron chi connectivity index (χ0n) is 18.9. The topological polar surface area (TPSA) is 80.3 Å². The summed E-state index contributed by atoms with van der Waals surface area (Å²) in [6.07, 6.45) is 5.54. The summed E-state index contributed by atoms with van der Waals surface area (Å²) in [6.45, 7) is 7.19. The molecule has 0 bridgehead atoms. The van der Waals surface area contributed by atoms with Gasteiger partial charge in [-0.25, -0.2) is 19.1 Å². The van der Waals surface area contributed by atoms with Gasteiger partial charge in [0, 0.05) is 63.9 Å². The molecule has 5 rings (SSSR count). The van der Waals surface area contributed by atoms with E-state index < -0.39 is 0 Å². The van der Waals surface area contributed by atoms with Gasteiger partial charge in [0.05, 0.1) is 31.1 Å². The Bertz CT molecular complexity index is 848. The van der Waals surface area contributed by atoms with Crippen LogP contribution in [0.1, 0.15) is 37.4 Å². The number of fused-ring (bicyclic) bond motifs is 1. The van der Waals surface area contributed by atoms with E-state index in [1.54, 1.807) is 12.0 Å². The molecular weight excluding hydrogens is 430 g/mol. The number of anilines is 1. The average molecular weight is 464 g/mol. The Kier molecular flexibility index (Phi) is 6.21. The van der Waals surface area contributed by atoms with E-state index in [1.807, 2.05) is 17.4 Å². The summed E-state index contributed by atoms with van der Waals surface area (Å²) >= 11 is 4.42. The van der Waals surface area contributed by atoms with Crippen LogP contribution in [0.5, 0.6) is 0 Å². The van der Waals surface area contributed by atoms with Crippen LogP contribution in [0, 0.1) is 5.92 Å². The predicted octanol–water partition coefficient (Wildman–Crippen LogP) is 1.91. The minimum absolute atomic E-state index is 0.0325. The third-order valence-electron chi connectivity index (χ3n) is 7.12. The fourth-order valence-electron chi connectivity index (χ4n) is 4.55. The molecule has 32 heavy (non-hydrogen) atoms. The molecule has 1 aliphatic carbocycles. The van der Waals surface area contributed by atoms with Gasteiger partial charge in [-0.15, -0.1) is 0 Å². The maximum Gasteiger partial charge on any atom is 0.410 e. The molecule has 0 spiro atoms. The first-order valence-corrected chi connectivity index (χ1v) is 12.0. The number of thiol groups is 1. The van der Waals surface area contributed by atoms with E-state index in [-0.39, 0.29) is 29.8 Å². The van der Waals surface area contributed by atoms with Crippen LogP contribution in [-0.2, 0) is 27.2 Å². The number of carbonyl (C=O) groups is 1. The number of rotatable bonds is 6. The summed E-state index contributed by atoms with van der Waals surface area (Å²) in [5, 5.41) is 0. The monoisotopic (exact) mass is 463 g/mol. The van der Waals surface area contributed by atoms with E-state index in [2.05, 4.69) is 22.7 Å². The van der Waals surface area contributed by atoms with Crippen molar-refractivity contribution in [3.8, 4) is 0 Å². The second-order valence-corrected chi connectivity index (χ2v) is 10.3. The smallest absolute Gasteiger partial charge is 0.410 e. The molecule has 4 aliphatic rings. The molecule has 0 radical (unpaired) electrons. The van der Waals surface area contributed by atoms with Crippen LogP contribution in [0.4, 0.5) is 10.7 Å². The largest absolute Gasteiger partial charge is 0.443 e. The third kappa shape index (κ3) is 4.83. The van der Waals surface area contributed by atoms with Gasteiger partial charge in [-0.1, -0.05) is 12.8 Å². The number of nitrogens with zero attached hydrogens (tertiary/aromatic N) is 5. The Balaban J connectivity index is 1.07. The van der Waals surface area contributed by atoms with Crippen molar-refractivity contribution >= 4 is 24.9 Å². The van der Waals surface area contributed by atoms with E-state index in [1.165, 1.54) is 0 Å². The molecule has 3 fully saturated rings. The minimum atomic E-state index is -0.246. The molecule has 2 unspecified atom stereocenters. The SMILES string of the molecule is COC1CN(C(=O)OC2(C)CC2)CCC1COC1CN(c2ncc3c(n2)CCN(S)C3)C1. The van der Waals surface area contributed by atoms with Gasteiger partial charge in [0.2, 0.25) is 5.95 Å². The standard InChI is InChI=1S/C22H33N5O4S/c1-22(5-6-22)31-21(28)25-7-3-15(19(13-25)29-2)14-30-17-11-26(12-17)20-23-9-16-10-27(32)8-4-18(16)24-20/h9,15,17,19,32H,3-8,10-14H2,1-2H3. The van der Waals surface area contributed by atoms with E-state index >= 15 is 0 Å². The highest BCUT2D eigenvalue weighted by atomic mass is 32.1. The highest BCUT2D eigenvalue weighted by molar-refractivity contribution is 7.77. The van der Waals surface area contributed by atoms with Crippen molar-refractivity contribution < 1.29 is 19.0 Å². The lowest BCUT2D eigenvalue weighted by Gasteiger charge is -2.42. The van der Waals surface area contributed by atoms with Gasteiger partial charge in [0.25, 0.3) is 0 Å². The molecule has 9 nitrogen and oxygen atoms in total. The number of methoxy groups -OCH3 is 1. The average Bonchev–Trinajstić information content (AvgIpc) is 3.48. The van der Waals surface area contributed by atoms with Crippen molar-refractivity contribution in [3.63, 3.8) is 0 Å². The predicted molar refractivity (Wildman–Crippen MR) is 122 cm³/mol. The number of aromatic nitrogens is 2. The van der Waals surface area contributed by atoms with Gasteiger partial charge in [0.15, 0.2) is 0 Å². The van der Waals surface area contributed by atoms with Crippen molar-refractivity contribution in [3.05, 3.63) is 17.5 Å². The quantitative estimate of drug-likeness (QED) is 0.641. The summed E-state index contributed by atoms with van der Waals surface area (Å²) in [5.74, 6) is 1.07. The minimum Gasteiger partial charge on any atom is -0.443 e. The van der Waals surface area contributed by atoms with Gasteiger partial charge in [-0.05, 0) is 26.2 Å². The third-order valence-corrected chi connectivity index (χ3v) is 7.46. The zero-order chi connectivity index (χ0) is 22.3. The number of piperidine rings is 1. The summed E-state index contributed by atoms with van der Waals surface area (Å²) in [7, 11) is 1.71. The van der Waals surface area contributed by atoms with Crippen molar-refractivity contribution in [2.75, 3.05) is 51.3 Å². The first-order valence-electron chi connectivity index (χ1n) is 11.6. The zero-order valence-corrected chi connectivity index (χ0v) is 19.8. The van der Waals surface area contributed by atoms with Crippen molar-refractivity contribution in [2.45, 2.75) is 57.0 Å². The lowest BCUT2D eigenvalue weighted by atomic mass is 9.94. The van der Waals surface area contributed by atoms with E-state index in [9.17, 15) is 4.79 Å². The lowest BCUT2D eigenvalue weighted by Crippen LogP contribution is -2.55. The molecule has 1 amide bonds. The number of amides is 1. The van der Waals surface area contributed by atoms with Crippen molar-refractivity contribution in [2.24, 2.45) is 5.92 Å². The molecule has 0 N–H and O–H groups in total. The second kappa shape index (κ2) is 8.96. The summed E-state index contributed by atoms with van der Waals surface area (Å²) in [6, 6.07) is 0. The molecule has 4 heterocycles. The number of hydrogen-bond donors (Lipinski definition) is 1. The highest BCUT2D eigenvalue weighted by Crippen LogP contribution is 2.39. The summed E-state index contributed by atoms with van der Waals surface area (Å²) in [4.78, 5) is 25.7. The molecule has 3 aliphatic heterocycles. The maximum atomic E-state index is 12.4. The van der Waals surface area contributed by atoms with Crippen LogP contribution in [0.15, 0.2) is 6.20 Å². The van der Waals surface area contributed by atoms with Gasteiger partial charge in [0.1, 0.15) is 5.60 Å². The van der Waals surface area contributed by atoms with Crippen LogP contribution in [-0.4, -0.2) is 89.5 Å². The van der Waals surface area contributed by atoms with Crippen LogP contribution in [0.3, 0.4) is 0 Å². The van der Waals surface area contributed by atoms with E-state index in [0.717, 1.165) is 69.1 Å². The number of ether oxygens (including phenoxy) is 3. The summed E-state index contributed by atoms with van der Waals surface area (Å²) in [5.41, 5.74) is 2.05. The Morgan fingerprint density at radius 3 is 2.84 bits per heavy atom. The number of likely N-dealkylation sites (tertiary alicyclic amines) is 1. The molecule has 1 saturated carbocycles. The summed E-state index contributed by atoms with van der Waals surface area (Å²) < 4.78 is 19.5. The fraction of sp³-hybridized carbons (Fsp3) is 0.773. The molecule has 176 valence electrons. The number of carbonyl (C=O) groups excluding carboxylic acids is 1.